The quantitative estimate of drug-likeness (QED) is 0.434. The Bertz CT molecular complexity index is 1290. The lowest BCUT2D eigenvalue weighted by atomic mass is 9.69. The fraction of sp³-hybridized carbons (Fsp3) is 0.333. The molecule has 1 heterocycles. The molecule has 182 valence electrons. The largest absolute Gasteiger partial charge is 0.493 e. The number of carbonyl (C=O) groups excluding carboxylic acids is 1. The monoisotopic (exact) mass is 528 g/mol. The average molecular weight is 529 g/mol. The van der Waals surface area contributed by atoms with Crippen LogP contribution in [0.4, 0.5) is 0 Å². The zero-order valence-electron chi connectivity index (χ0n) is 20.0. The lowest BCUT2D eigenvalue weighted by Gasteiger charge is -2.39. The average Bonchev–Trinajstić information content (AvgIpc) is 2.82. The summed E-state index contributed by atoms with van der Waals surface area (Å²) in [5, 5.41) is 15.5. The molecule has 0 fully saturated rings. The van der Waals surface area contributed by atoms with Crippen LogP contribution in [-0.2, 0) is 10.5 Å². The summed E-state index contributed by atoms with van der Waals surface area (Å²) in [6.07, 6.45) is 1.15. The van der Waals surface area contributed by atoms with Gasteiger partial charge in [-0.15, -0.1) is 11.8 Å². The first-order chi connectivity index (χ1) is 16.7. The first-order valence-corrected chi connectivity index (χ1v) is 12.9. The molecule has 1 unspecified atom stereocenters. The summed E-state index contributed by atoms with van der Waals surface area (Å²) in [6, 6.07) is 13.5. The molecule has 1 aliphatic carbocycles. The van der Waals surface area contributed by atoms with E-state index in [1.54, 1.807) is 20.3 Å². The Morgan fingerprint density at radius 1 is 1.09 bits per heavy atom. The van der Waals surface area contributed by atoms with Crippen LogP contribution in [0.1, 0.15) is 43.7 Å². The summed E-state index contributed by atoms with van der Waals surface area (Å²) in [6.45, 7) is 4.18. The van der Waals surface area contributed by atoms with E-state index in [0.29, 0.717) is 51.3 Å². The molecule has 0 radical (unpaired) electrons. The molecular formula is C27H26Cl2N2O3S. The number of rotatable bonds is 6. The second kappa shape index (κ2) is 10.2. The van der Waals surface area contributed by atoms with E-state index in [-0.39, 0.29) is 11.2 Å². The number of nitrogens with zero attached hydrogens (tertiary/aromatic N) is 1. The molecular weight excluding hydrogens is 503 g/mol. The third kappa shape index (κ3) is 5.18. The van der Waals surface area contributed by atoms with Gasteiger partial charge in [-0.05, 0) is 47.2 Å². The van der Waals surface area contributed by atoms with Gasteiger partial charge in [0, 0.05) is 23.4 Å². The molecule has 2 aromatic rings. The Morgan fingerprint density at radius 2 is 1.83 bits per heavy atom. The zero-order valence-corrected chi connectivity index (χ0v) is 22.3. The van der Waals surface area contributed by atoms with Gasteiger partial charge in [-0.25, -0.2) is 0 Å². The molecule has 1 N–H and O–H groups in total. The highest BCUT2D eigenvalue weighted by atomic mass is 35.5. The Balaban J connectivity index is 1.80. The summed E-state index contributed by atoms with van der Waals surface area (Å²) < 4.78 is 10.9. The fourth-order valence-corrected chi connectivity index (χ4v) is 5.97. The van der Waals surface area contributed by atoms with Crippen LogP contribution in [0.15, 0.2) is 58.3 Å². The maximum Gasteiger partial charge on any atom is 0.162 e. The molecule has 4 rings (SSSR count). The van der Waals surface area contributed by atoms with Gasteiger partial charge in [0.1, 0.15) is 0 Å². The molecule has 0 amide bonds. The normalized spacial score (nSPS) is 19.1. The Hall–Kier alpha value is -2.59. The molecule has 2 aromatic carbocycles. The van der Waals surface area contributed by atoms with Gasteiger partial charge >= 0.3 is 0 Å². The Kier molecular flexibility index (Phi) is 7.42. The smallest absolute Gasteiger partial charge is 0.162 e. The maximum atomic E-state index is 13.4. The molecule has 1 atom stereocenters. The first-order valence-electron chi connectivity index (χ1n) is 11.1. The molecule has 0 bridgehead atoms. The predicted octanol–water partition coefficient (Wildman–Crippen LogP) is 7.01. The van der Waals surface area contributed by atoms with E-state index in [9.17, 15) is 10.1 Å². The summed E-state index contributed by atoms with van der Waals surface area (Å²) in [7, 11) is 3.15. The number of dihydropyridines is 1. The van der Waals surface area contributed by atoms with Crippen molar-refractivity contribution >= 4 is 40.7 Å². The summed E-state index contributed by atoms with van der Waals surface area (Å²) >= 11 is 13.8. The highest BCUT2D eigenvalue weighted by Crippen LogP contribution is 2.49. The van der Waals surface area contributed by atoms with Gasteiger partial charge < -0.3 is 14.8 Å². The van der Waals surface area contributed by atoms with Crippen LogP contribution in [-0.4, -0.2) is 20.0 Å². The third-order valence-electron chi connectivity index (χ3n) is 6.23. The van der Waals surface area contributed by atoms with E-state index in [2.05, 4.69) is 25.2 Å². The van der Waals surface area contributed by atoms with Crippen molar-refractivity contribution in [3.8, 4) is 17.6 Å². The number of ether oxygens (including phenoxy) is 2. The predicted molar refractivity (Wildman–Crippen MR) is 141 cm³/mol. The topological polar surface area (TPSA) is 71.3 Å². The molecule has 0 aromatic heterocycles. The Morgan fingerprint density at radius 3 is 2.49 bits per heavy atom. The molecule has 0 saturated carbocycles. The van der Waals surface area contributed by atoms with Gasteiger partial charge in [-0.1, -0.05) is 49.2 Å². The standard InChI is InChI=1S/C27H26Cl2N2O3S/c1-27(2)11-20-25(21(32)12-27)24(16-6-8-22(33-3)23(10-16)34-4)17(13-30)26(31-20)35-14-15-5-7-18(28)19(29)9-15/h5-10,24,31H,11-12,14H2,1-4H3. The number of hydrogen-bond acceptors (Lipinski definition) is 6. The van der Waals surface area contributed by atoms with Crippen molar-refractivity contribution < 1.29 is 14.3 Å². The summed E-state index contributed by atoms with van der Waals surface area (Å²) in [4.78, 5) is 13.4. The van der Waals surface area contributed by atoms with E-state index < -0.39 is 5.92 Å². The number of benzene rings is 2. The minimum Gasteiger partial charge on any atom is -0.493 e. The van der Waals surface area contributed by atoms with Crippen LogP contribution >= 0.6 is 35.0 Å². The van der Waals surface area contributed by atoms with Crippen LogP contribution < -0.4 is 14.8 Å². The fourth-order valence-electron chi connectivity index (χ4n) is 4.64. The Labute approximate surface area is 220 Å². The van der Waals surface area contributed by atoms with E-state index in [4.69, 9.17) is 32.7 Å². The van der Waals surface area contributed by atoms with Crippen LogP contribution in [0.3, 0.4) is 0 Å². The number of ketones is 1. The van der Waals surface area contributed by atoms with Gasteiger partial charge in [0.05, 0.1) is 46.9 Å². The van der Waals surface area contributed by atoms with Gasteiger partial charge in [0.15, 0.2) is 17.3 Å². The number of carbonyl (C=O) groups is 1. The second-order valence-corrected chi connectivity index (χ2v) is 11.2. The van der Waals surface area contributed by atoms with Crippen molar-refractivity contribution in [1.29, 1.82) is 5.26 Å². The van der Waals surface area contributed by atoms with E-state index in [0.717, 1.165) is 21.9 Å². The SMILES string of the molecule is COc1ccc(C2C(C#N)=C(SCc3ccc(Cl)c(Cl)c3)NC3=C2C(=O)CC(C)(C)C3)cc1OC. The first kappa shape index (κ1) is 25.5. The lowest BCUT2D eigenvalue weighted by molar-refractivity contribution is -0.118. The minimum atomic E-state index is -0.490. The van der Waals surface area contributed by atoms with Crippen molar-refractivity contribution in [2.45, 2.75) is 38.4 Å². The molecule has 0 spiro atoms. The molecule has 5 nitrogen and oxygen atoms in total. The zero-order chi connectivity index (χ0) is 25.3. The van der Waals surface area contributed by atoms with Crippen LogP contribution in [0.25, 0.3) is 0 Å². The summed E-state index contributed by atoms with van der Waals surface area (Å²) in [5.74, 6) is 1.30. The van der Waals surface area contributed by atoms with Crippen molar-refractivity contribution in [2.24, 2.45) is 5.41 Å². The highest BCUT2D eigenvalue weighted by Gasteiger charge is 2.42. The van der Waals surface area contributed by atoms with Gasteiger partial charge in [-0.3, -0.25) is 4.79 Å². The molecule has 2 aliphatic rings. The van der Waals surface area contributed by atoms with E-state index in [1.807, 2.05) is 30.3 Å². The molecule has 8 heteroatoms. The van der Waals surface area contributed by atoms with Gasteiger partial charge in [0.2, 0.25) is 0 Å². The third-order valence-corrected chi connectivity index (χ3v) is 8.06. The number of thioether (sulfide) groups is 1. The van der Waals surface area contributed by atoms with Gasteiger partial charge in [-0.2, -0.15) is 5.26 Å². The summed E-state index contributed by atoms with van der Waals surface area (Å²) in [5.41, 5.74) is 3.67. The number of Topliss-reactive ketones (excluding diaryl/α,β-unsaturated/α-hetero) is 1. The molecule has 35 heavy (non-hydrogen) atoms. The van der Waals surface area contributed by atoms with Crippen LogP contribution in [0.5, 0.6) is 11.5 Å². The number of nitriles is 1. The second-order valence-electron chi connectivity index (χ2n) is 9.40. The maximum absolute atomic E-state index is 13.4. The highest BCUT2D eigenvalue weighted by molar-refractivity contribution is 8.02. The lowest BCUT2D eigenvalue weighted by Crippen LogP contribution is -2.36. The van der Waals surface area contributed by atoms with Crippen molar-refractivity contribution in [2.75, 3.05) is 14.2 Å². The number of halogens is 2. The van der Waals surface area contributed by atoms with Gasteiger partial charge in [0.25, 0.3) is 0 Å². The number of allylic oxidation sites excluding steroid dienone is 3. The van der Waals surface area contributed by atoms with E-state index >= 15 is 0 Å². The minimum absolute atomic E-state index is 0.0600. The number of hydrogen-bond donors (Lipinski definition) is 1. The number of methoxy groups -OCH3 is 2. The van der Waals surface area contributed by atoms with Crippen molar-refractivity contribution in [3.63, 3.8) is 0 Å². The van der Waals surface area contributed by atoms with Crippen molar-refractivity contribution in [3.05, 3.63) is 79.4 Å². The van der Waals surface area contributed by atoms with E-state index in [1.165, 1.54) is 11.8 Å². The molecule has 0 saturated heterocycles. The van der Waals surface area contributed by atoms with Crippen LogP contribution in [0, 0.1) is 16.7 Å². The molecule has 1 aliphatic heterocycles. The number of nitrogens with one attached hydrogen (secondary N) is 1. The van der Waals surface area contributed by atoms with Crippen molar-refractivity contribution in [1.82, 2.24) is 5.32 Å². The van der Waals surface area contributed by atoms with Crippen LogP contribution in [0.2, 0.25) is 10.0 Å².